The Morgan fingerprint density at radius 3 is 2.50 bits per heavy atom. The molecule has 9 nitrogen and oxygen atoms in total. The van der Waals surface area contributed by atoms with Crippen LogP contribution in [0.1, 0.15) is 15.9 Å². The van der Waals surface area contributed by atoms with Gasteiger partial charge in [-0.1, -0.05) is 48.5 Å². The Morgan fingerprint density at radius 1 is 1.05 bits per heavy atom. The lowest BCUT2D eigenvalue weighted by molar-refractivity contribution is -0.383. The molecule has 0 aliphatic heterocycles. The highest BCUT2D eigenvalue weighted by Crippen LogP contribution is 2.38. The fourth-order valence-corrected chi connectivity index (χ4v) is 4.26. The van der Waals surface area contributed by atoms with E-state index >= 15 is 0 Å². The van der Waals surface area contributed by atoms with E-state index < -0.39 is 16.8 Å². The quantitative estimate of drug-likeness (QED) is 0.0688. The van der Waals surface area contributed by atoms with Gasteiger partial charge in [0, 0.05) is 6.07 Å². The van der Waals surface area contributed by atoms with E-state index in [-0.39, 0.29) is 28.4 Å². The molecule has 0 aliphatic rings. The first kappa shape index (κ1) is 26.1. The van der Waals surface area contributed by atoms with Crippen molar-refractivity contribution in [1.82, 2.24) is 0 Å². The number of nitro benzene ring substituents is 1. The Balaban J connectivity index is 1.62. The number of nitriles is 1. The van der Waals surface area contributed by atoms with Gasteiger partial charge < -0.3 is 14.8 Å². The zero-order valence-electron chi connectivity index (χ0n) is 19.8. The summed E-state index contributed by atoms with van der Waals surface area (Å²) < 4.78 is 11.4. The summed E-state index contributed by atoms with van der Waals surface area (Å²) in [6.45, 7) is 0. The molecular weight excluding hydrogens is 554 g/mol. The van der Waals surface area contributed by atoms with Crippen LogP contribution in [0.4, 0.5) is 11.4 Å². The monoisotopic (exact) mass is 571 g/mol. The van der Waals surface area contributed by atoms with Crippen LogP contribution < -0.4 is 14.8 Å². The smallest absolute Gasteiger partial charge is 0.344 e. The molecule has 0 aromatic heterocycles. The largest absolute Gasteiger partial charge is 0.493 e. The van der Waals surface area contributed by atoms with Crippen LogP contribution in [0.25, 0.3) is 16.8 Å². The van der Waals surface area contributed by atoms with Gasteiger partial charge in [-0.2, -0.15) is 5.26 Å². The fourth-order valence-electron chi connectivity index (χ4n) is 3.72. The third-order valence-electron chi connectivity index (χ3n) is 5.48. The number of para-hydroxylation sites is 2. The molecule has 0 radical (unpaired) electrons. The van der Waals surface area contributed by atoms with Crippen molar-refractivity contribution in [3.8, 4) is 17.6 Å². The topological polar surface area (TPSA) is 132 Å². The molecule has 0 fully saturated rings. The van der Waals surface area contributed by atoms with Gasteiger partial charge in [-0.05, 0) is 62.6 Å². The number of fused-ring (bicyclic) bond motifs is 1. The van der Waals surface area contributed by atoms with Crippen molar-refractivity contribution in [2.24, 2.45) is 0 Å². The molecule has 0 bridgehead atoms. The summed E-state index contributed by atoms with van der Waals surface area (Å²) in [7, 11) is 1.39. The zero-order valence-corrected chi connectivity index (χ0v) is 21.4. The number of nitro groups is 1. The lowest BCUT2D eigenvalue weighted by atomic mass is 10.0. The molecule has 0 spiro atoms. The van der Waals surface area contributed by atoms with E-state index in [1.165, 1.54) is 43.5 Å². The number of esters is 1. The fraction of sp³-hybridized carbons (Fsp3) is 0.0357. The maximum Gasteiger partial charge on any atom is 0.344 e. The number of amides is 1. The molecule has 4 rings (SSSR count). The molecule has 4 aromatic carbocycles. The standard InChI is InChI=1S/C28H18BrN3O6/c1-37-25-15-17(13-19(16-30)27(33)31-23-11-4-5-12-24(23)32(35)36)14-22(29)26(25)38-28(34)21-10-6-8-18-7-2-3-9-20(18)21/h2-15H,1H3,(H,31,33)/b19-13+. The highest BCUT2D eigenvalue weighted by Gasteiger charge is 2.20. The minimum atomic E-state index is -0.830. The van der Waals surface area contributed by atoms with Crippen LogP contribution >= 0.6 is 15.9 Å². The van der Waals surface area contributed by atoms with Crippen molar-refractivity contribution in [3.63, 3.8) is 0 Å². The van der Waals surface area contributed by atoms with Crippen LogP contribution in [-0.2, 0) is 4.79 Å². The van der Waals surface area contributed by atoms with E-state index in [1.54, 1.807) is 24.3 Å². The van der Waals surface area contributed by atoms with Crippen molar-refractivity contribution in [2.75, 3.05) is 12.4 Å². The highest BCUT2D eigenvalue weighted by molar-refractivity contribution is 9.10. The van der Waals surface area contributed by atoms with Gasteiger partial charge in [0.25, 0.3) is 11.6 Å². The number of halogens is 1. The summed E-state index contributed by atoms with van der Waals surface area (Å²) >= 11 is 3.37. The first-order valence-corrected chi connectivity index (χ1v) is 11.9. The third kappa shape index (κ3) is 5.53. The minimum Gasteiger partial charge on any atom is -0.493 e. The Morgan fingerprint density at radius 2 is 1.76 bits per heavy atom. The molecule has 0 aliphatic carbocycles. The molecule has 10 heteroatoms. The average molecular weight is 572 g/mol. The summed E-state index contributed by atoms with van der Waals surface area (Å²) in [5, 5.41) is 24.8. The van der Waals surface area contributed by atoms with Crippen LogP contribution in [0, 0.1) is 21.4 Å². The predicted molar refractivity (Wildman–Crippen MR) is 145 cm³/mol. The normalized spacial score (nSPS) is 10.9. The van der Waals surface area contributed by atoms with Crippen molar-refractivity contribution >= 4 is 56.0 Å². The molecule has 1 N–H and O–H groups in total. The molecule has 0 atom stereocenters. The number of hydrogen-bond acceptors (Lipinski definition) is 7. The second-order valence-electron chi connectivity index (χ2n) is 7.85. The highest BCUT2D eigenvalue weighted by atomic mass is 79.9. The maximum atomic E-state index is 13.0. The number of rotatable bonds is 7. The summed E-state index contributed by atoms with van der Waals surface area (Å²) in [5.41, 5.74) is 0.100. The van der Waals surface area contributed by atoms with Crippen LogP contribution in [0.15, 0.2) is 88.9 Å². The summed E-state index contributed by atoms with van der Waals surface area (Å²) in [5.74, 6) is -1.13. The van der Waals surface area contributed by atoms with Crippen molar-refractivity contribution < 1.29 is 24.0 Å². The van der Waals surface area contributed by atoms with Crippen LogP contribution in [0.3, 0.4) is 0 Å². The predicted octanol–water partition coefficient (Wildman–Crippen LogP) is 6.28. The average Bonchev–Trinajstić information content (AvgIpc) is 2.92. The first-order valence-electron chi connectivity index (χ1n) is 11.1. The molecule has 1 amide bonds. The SMILES string of the molecule is COc1cc(/C=C(\C#N)C(=O)Nc2ccccc2[N+](=O)[O-])cc(Br)c1OC(=O)c1cccc2ccccc12. The number of nitrogens with one attached hydrogen (secondary N) is 1. The molecule has 0 saturated heterocycles. The first-order chi connectivity index (χ1) is 18.3. The number of benzene rings is 4. The second kappa shape index (κ2) is 11.4. The van der Waals surface area contributed by atoms with E-state index in [4.69, 9.17) is 9.47 Å². The number of methoxy groups -OCH3 is 1. The van der Waals surface area contributed by atoms with Gasteiger partial charge in [0.15, 0.2) is 11.5 Å². The van der Waals surface area contributed by atoms with Gasteiger partial charge in [0.05, 0.1) is 22.1 Å². The minimum absolute atomic E-state index is 0.0434. The zero-order chi connectivity index (χ0) is 27.2. The molecular formula is C28H18BrN3O6. The number of hydrogen-bond donors (Lipinski definition) is 1. The molecule has 0 heterocycles. The Hall–Kier alpha value is -5.01. The summed E-state index contributed by atoms with van der Waals surface area (Å²) in [6, 6.07) is 23.2. The maximum absolute atomic E-state index is 13.0. The molecule has 0 saturated carbocycles. The van der Waals surface area contributed by atoms with E-state index in [1.807, 2.05) is 30.3 Å². The van der Waals surface area contributed by atoms with Crippen molar-refractivity contribution in [1.29, 1.82) is 5.26 Å². The second-order valence-corrected chi connectivity index (χ2v) is 8.70. The van der Waals surface area contributed by atoms with E-state index in [0.29, 0.717) is 15.6 Å². The third-order valence-corrected chi connectivity index (χ3v) is 6.07. The number of ether oxygens (including phenoxy) is 2. The summed E-state index contributed by atoms with van der Waals surface area (Å²) in [6.07, 6.45) is 1.29. The van der Waals surface area contributed by atoms with Crippen LogP contribution in [0.2, 0.25) is 0 Å². The lowest BCUT2D eigenvalue weighted by Crippen LogP contribution is -2.14. The molecule has 0 unspecified atom stereocenters. The van der Waals surface area contributed by atoms with Crippen molar-refractivity contribution in [3.05, 3.63) is 110 Å². The number of anilines is 1. The van der Waals surface area contributed by atoms with Gasteiger partial charge in [-0.15, -0.1) is 0 Å². The van der Waals surface area contributed by atoms with Crippen LogP contribution in [-0.4, -0.2) is 23.9 Å². The lowest BCUT2D eigenvalue weighted by Gasteiger charge is -2.13. The number of nitrogens with zero attached hydrogens (tertiary/aromatic N) is 2. The van der Waals surface area contributed by atoms with E-state index in [2.05, 4.69) is 21.2 Å². The van der Waals surface area contributed by atoms with E-state index in [9.17, 15) is 25.0 Å². The van der Waals surface area contributed by atoms with Crippen LogP contribution in [0.5, 0.6) is 11.5 Å². The Kier molecular flexibility index (Phi) is 7.80. The van der Waals surface area contributed by atoms with Crippen molar-refractivity contribution in [2.45, 2.75) is 0 Å². The van der Waals surface area contributed by atoms with Gasteiger partial charge in [-0.3, -0.25) is 14.9 Å². The summed E-state index contributed by atoms with van der Waals surface area (Å²) in [4.78, 5) is 36.3. The Bertz CT molecular complexity index is 1650. The molecule has 188 valence electrons. The number of carbonyl (C=O) groups is 2. The molecule has 38 heavy (non-hydrogen) atoms. The van der Waals surface area contributed by atoms with Gasteiger partial charge in [0.2, 0.25) is 0 Å². The number of carbonyl (C=O) groups excluding carboxylic acids is 2. The van der Waals surface area contributed by atoms with Gasteiger partial charge in [-0.25, -0.2) is 4.79 Å². The van der Waals surface area contributed by atoms with Gasteiger partial charge in [0.1, 0.15) is 17.3 Å². The molecule has 4 aromatic rings. The van der Waals surface area contributed by atoms with Gasteiger partial charge >= 0.3 is 5.97 Å². The Labute approximate surface area is 225 Å². The van der Waals surface area contributed by atoms with E-state index in [0.717, 1.165) is 10.8 Å².